The molecule has 1 N–H and O–H groups in total. The van der Waals surface area contributed by atoms with Crippen molar-refractivity contribution >= 4 is 17.0 Å². The number of carboxylic acids is 1. The van der Waals surface area contributed by atoms with Crippen molar-refractivity contribution in [2.45, 2.75) is 51.7 Å². The van der Waals surface area contributed by atoms with Gasteiger partial charge in [0.25, 0.3) is 0 Å². The highest BCUT2D eigenvalue weighted by atomic mass is 32.2. The first-order valence-electron chi connectivity index (χ1n) is 13.5. The highest BCUT2D eigenvalue weighted by Gasteiger charge is 2.27. The number of hydrogen-bond donors (Lipinski definition) is 1. The summed E-state index contributed by atoms with van der Waals surface area (Å²) in [5.41, 5.74) is 6.55. The minimum Gasteiger partial charge on any atom is -0.492 e. The number of hydrogen-bond acceptors (Lipinski definition) is 7. The van der Waals surface area contributed by atoms with Crippen molar-refractivity contribution in [1.29, 1.82) is 0 Å². The minimum atomic E-state index is -1.30. The summed E-state index contributed by atoms with van der Waals surface area (Å²) in [5, 5.41) is 10.9. The van der Waals surface area contributed by atoms with Crippen LogP contribution in [-0.2, 0) is 26.8 Å². The van der Waals surface area contributed by atoms with E-state index < -0.39 is 17.0 Å². The van der Waals surface area contributed by atoms with Crippen LogP contribution in [0.1, 0.15) is 47.4 Å². The quantitative estimate of drug-likeness (QED) is 0.341. The summed E-state index contributed by atoms with van der Waals surface area (Å²) in [5.74, 6) is 1.30. The largest absolute Gasteiger partial charge is 0.492 e. The van der Waals surface area contributed by atoms with E-state index in [1.807, 2.05) is 30.3 Å². The number of fused-ring (bicyclic) bond motifs is 1. The molecule has 212 valence electrons. The number of carbonyl (C=O) groups is 1. The minimum absolute atomic E-state index is 0.0594. The molecule has 2 atom stereocenters. The molecule has 3 aromatic carbocycles. The Kier molecular flexibility index (Phi) is 8.73. The Hall–Kier alpha value is -3.40. The molecule has 0 saturated carbocycles. The summed E-state index contributed by atoms with van der Waals surface area (Å²) in [4.78, 5) is 11.1. The molecule has 0 bridgehead atoms. The third kappa shape index (κ3) is 6.83. The van der Waals surface area contributed by atoms with E-state index >= 15 is 0 Å². The smallest absolute Gasteiger partial charge is 0.304 e. The van der Waals surface area contributed by atoms with Gasteiger partial charge in [0.15, 0.2) is 11.1 Å². The second kappa shape index (κ2) is 12.4. The maximum atomic E-state index is 11.3. The Balaban J connectivity index is 1.22. The number of carboxylic acid groups (broad SMARTS) is 1. The van der Waals surface area contributed by atoms with Gasteiger partial charge in [0.2, 0.25) is 0 Å². The zero-order valence-electron chi connectivity index (χ0n) is 23.1. The van der Waals surface area contributed by atoms with Gasteiger partial charge in [-0.05, 0) is 78.8 Å². The van der Waals surface area contributed by atoms with Crippen molar-refractivity contribution in [3.05, 3.63) is 76.9 Å². The van der Waals surface area contributed by atoms with Crippen molar-refractivity contribution in [3.63, 3.8) is 0 Å². The molecule has 0 radical (unpaired) electrons. The van der Waals surface area contributed by atoms with E-state index in [4.69, 9.17) is 23.6 Å². The number of nitrogens with zero attached hydrogens (tertiary/aromatic N) is 1. The van der Waals surface area contributed by atoms with Crippen molar-refractivity contribution in [2.24, 2.45) is 0 Å². The third-order valence-electron chi connectivity index (χ3n) is 7.33. The van der Waals surface area contributed by atoms with Gasteiger partial charge in [-0.2, -0.15) is 9.35 Å². The average molecular weight is 566 g/mol. The first kappa shape index (κ1) is 28.1. The fourth-order valence-electron chi connectivity index (χ4n) is 5.52. The number of benzene rings is 3. The molecular weight excluding hydrogens is 530 g/mol. The van der Waals surface area contributed by atoms with Crippen molar-refractivity contribution in [2.75, 3.05) is 26.0 Å². The van der Waals surface area contributed by atoms with E-state index in [9.17, 15) is 9.00 Å². The Labute approximate surface area is 237 Å². The maximum absolute atomic E-state index is 11.3. The molecule has 1 saturated heterocycles. The molecule has 0 amide bonds. The molecule has 2 aliphatic heterocycles. The molecule has 1 fully saturated rings. The molecule has 2 heterocycles. The maximum Gasteiger partial charge on any atom is 0.304 e. The summed E-state index contributed by atoms with van der Waals surface area (Å²) >= 11 is -1.30. The number of aryl methyl sites for hydroxylation is 2. The van der Waals surface area contributed by atoms with Crippen LogP contribution >= 0.6 is 0 Å². The summed E-state index contributed by atoms with van der Waals surface area (Å²) in [6, 6.07) is 18.2. The number of aliphatic carboxylic acids is 1. The van der Waals surface area contributed by atoms with Gasteiger partial charge in [0, 0.05) is 36.9 Å². The summed E-state index contributed by atoms with van der Waals surface area (Å²) < 4.78 is 34.7. The third-order valence-corrected chi connectivity index (χ3v) is 7.75. The van der Waals surface area contributed by atoms with Crippen LogP contribution in [0.15, 0.2) is 54.6 Å². The van der Waals surface area contributed by atoms with Crippen LogP contribution in [0.2, 0.25) is 0 Å². The molecule has 1 unspecified atom stereocenters. The lowest BCUT2D eigenvalue weighted by Gasteiger charge is -2.30. The number of rotatable bonds is 10. The molecule has 0 spiro atoms. The lowest BCUT2D eigenvalue weighted by molar-refractivity contribution is -0.137. The molecule has 40 heavy (non-hydrogen) atoms. The molecular formula is C31H35NO7S. The summed E-state index contributed by atoms with van der Waals surface area (Å²) in [6.07, 6.45) is 3.33. The van der Waals surface area contributed by atoms with Crippen molar-refractivity contribution in [1.82, 2.24) is 5.06 Å². The highest BCUT2D eigenvalue weighted by Crippen LogP contribution is 2.38. The highest BCUT2D eigenvalue weighted by molar-refractivity contribution is 7.79. The fourth-order valence-corrected chi connectivity index (χ4v) is 5.97. The van der Waals surface area contributed by atoms with Gasteiger partial charge < -0.3 is 19.3 Å². The molecule has 0 aromatic heterocycles. The van der Waals surface area contributed by atoms with E-state index in [1.165, 1.54) is 11.8 Å². The van der Waals surface area contributed by atoms with E-state index in [0.717, 1.165) is 46.4 Å². The molecule has 3 aromatic rings. The lowest BCUT2D eigenvalue weighted by atomic mass is 9.94. The van der Waals surface area contributed by atoms with Crippen LogP contribution < -0.4 is 14.2 Å². The Morgan fingerprint density at radius 3 is 2.50 bits per heavy atom. The molecule has 5 rings (SSSR count). The summed E-state index contributed by atoms with van der Waals surface area (Å²) in [7, 11) is 0. The first-order valence-corrected chi connectivity index (χ1v) is 15.0. The molecule has 2 aliphatic rings. The van der Waals surface area contributed by atoms with Gasteiger partial charge in [0.05, 0.1) is 13.0 Å². The zero-order valence-corrected chi connectivity index (χ0v) is 23.9. The van der Waals surface area contributed by atoms with Gasteiger partial charge in [-0.15, -0.1) is 0 Å². The van der Waals surface area contributed by atoms with Crippen LogP contribution in [0.3, 0.4) is 0 Å². The first-order chi connectivity index (χ1) is 19.2. The fraction of sp³-hybridized carbons (Fsp3) is 0.387. The van der Waals surface area contributed by atoms with E-state index in [0.29, 0.717) is 37.8 Å². The molecule has 8 nitrogen and oxygen atoms in total. The number of ether oxygens (including phenoxy) is 3. The molecule has 9 heteroatoms. The predicted molar refractivity (Wildman–Crippen MR) is 153 cm³/mol. The summed E-state index contributed by atoms with van der Waals surface area (Å²) in [6.45, 7) is 6.38. The van der Waals surface area contributed by atoms with Crippen LogP contribution in [0.5, 0.6) is 17.2 Å². The topological polar surface area (TPSA) is 94.5 Å². The van der Waals surface area contributed by atoms with E-state index in [-0.39, 0.29) is 18.4 Å². The van der Waals surface area contributed by atoms with Crippen molar-refractivity contribution in [3.8, 4) is 28.4 Å². The standard InChI is InChI=1S/C31H35NO7S/c1-20-13-27(38-25-9-11-32(12-10-25)39-40(3)35)14-21(2)31(20)23-6-4-5-22(15-23)18-36-26-7-8-28-24(16-30(33)34)19-37-29(28)17-26/h4-8,13-15,17,24-25H,9-12,16,18-19H2,1-3H3,(H,33,34)/t24-,40?/m1/s1. The van der Waals surface area contributed by atoms with Gasteiger partial charge in [-0.1, -0.05) is 24.3 Å². The van der Waals surface area contributed by atoms with E-state index in [1.54, 1.807) is 5.06 Å². The second-order valence-corrected chi connectivity index (χ2v) is 11.4. The van der Waals surface area contributed by atoms with E-state index in [2.05, 4.69) is 38.1 Å². The lowest BCUT2D eigenvalue weighted by Crippen LogP contribution is -2.38. The SMILES string of the molecule is Cc1cc(OC2CCN(OS(C)=O)CC2)cc(C)c1-c1cccc(COc2ccc3c(c2)OC[C@H]3CC(=O)O)c1. The van der Waals surface area contributed by atoms with Gasteiger partial charge in [0.1, 0.15) is 30.0 Å². The van der Waals surface area contributed by atoms with Crippen LogP contribution in [0.4, 0.5) is 0 Å². The Morgan fingerprint density at radius 1 is 1.05 bits per heavy atom. The molecule has 0 aliphatic carbocycles. The monoisotopic (exact) mass is 565 g/mol. The predicted octanol–water partition coefficient (Wildman–Crippen LogP) is 5.57. The normalized spacial score (nSPS) is 18.1. The second-order valence-electron chi connectivity index (χ2n) is 10.4. The number of piperidine rings is 1. The van der Waals surface area contributed by atoms with Crippen LogP contribution in [0.25, 0.3) is 11.1 Å². The van der Waals surface area contributed by atoms with Gasteiger partial charge in [-0.3, -0.25) is 4.79 Å². The van der Waals surface area contributed by atoms with Gasteiger partial charge in [-0.25, -0.2) is 4.21 Å². The average Bonchev–Trinajstić information content (AvgIpc) is 3.29. The Bertz CT molecular complexity index is 1380. The van der Waals surface area contributed by atoms with Gasteiger partial charge >= 0.3 is 5.97 Å². The van der Waals surface area contributed by atoms with Crippen LogP contribution in [0, 0.1) is 13.8 Å². The Morgan fingerprint density at radius 2 is 1.80 bits per heavy atom. The van der Waals surface area contributed by atoms with Crippen LogP contribution in [-0.4, -0.2) is 52.4 Å². The van der Waals surface area contributed by atoms with Crippen molar-refractivity contribution < 1.29 is 32.6 Å². The number of hydroxylamine groups is 2. The zero-order chi connectivity index (χ0) is 28.2.